The summed E-state index contributed by atoms with van der Waals surface area (Å²) in [6.07, 6.45) is 7.04. The fraction of sp³-hybridized carbons (Fsp3) is 1.00. The molecular weight excluding hydrogens is 397 g/mol. The van der Waals surface area contributed by atoms with Gasteiger partial charge in [-0.2, -0.15) is 0 Å². The first-order valence-electron chi connectivity index (χ1n) is 9.12. The molecule has 0 amide bonds. The van der Waals surface area contributed by atoms with Gasteiger partial charge in [0.05, 0.1) is 10.0 Å². The van der Waals surface area contributed by atoms with Gasteiger partial charge in [-0.3, -0.25) is 0 Å². The van der Waals surface area contributed by atoms with Gasteiger partial charge in [-0.15, -0.1) is 0 Å². The minimum absolute atomic E-state index is 0.279. The molecule has 0 aromatic carbocycles. The maximum atomic E-state index is 14.0. The second-order valence-electron chi connectivity index (χ2n) is 7.69. The van der Waals surface area contributed by atoms with Crippen molar-refractivity contribution in [3.8, 4) is 0 Å². The van der Waals surface area contributed by atoms with Crippen molar-refractivity contribution in [3.63, 3.8) is 0 Å². The van der Waals surface area contributed by atoms with E-state index in [4.69, 9.17) is 4.74 Å². The van der Waals surface area contributed by atoms with Crippen molar-refractivity contribution >= 4 is 22.6 Å². The quantitative estimate of drug-likeness (QED) is 0.428. The first-order valence-corrected chi connectivity index (χ1v) is 10.4. The van der Waals surface area contributed by atoms with Crippen LogP contribution in [-0.2, 0) is 4.74 Å². The predicted octanol–water partition coefficient (Wildman–Crippen LogP) is 5.50. The molecule has 1 nitrogen and oxygen atoms in total. The lowest BCUT2D eigenvalue weighted by Crippen LogP contribution is -2.41. The predicted molar refractivity (Wildman–Crippen MR) is 93.9 cm³/mol. The highest BCUT2D eigenvalue weighted by Crippen LogP contribution is 2.49. The number of hydrogen-bond donors (Lipinski definition) is 0. The average Bonchev–Trinajstić information content (AvgIpc) is 2.52. The zero-order valence-electron chi connectivity index (χ0n) is 13.5. The third-order valence-electron chi connectivity index (χ3n) is 6.42. The first kappa shape index (κ1) is 17.4. The molecule has 0 saturated heterocycles. The maximum Gasteiger partial charge on any atom is 0.115 e. The molecule has 3 fully saturated rings. The monoisotopic (exact) mass is 426 g/mol. The van der Waals surface area contributed by atoms with E-state index in [0.29, 0.717) is 24.9 Å². The van der Waals surface area contributed by atoms with Crippen LogP contribution in [0, 0.1) is 23.7 Å². The molecule has 3 saturated carbocycles. The molecule has 0 aromatic heterocycles. The average molecular weight is 426 g/mol. The summed E-state index contributed by atoms with van der Waals surface area (Å²) < 4.78 is 33.5. The van der Waals surface area contributed by atoms with Crippen LogP contribution in [0.15, 0.2) is 0 Å². The summed E-state index contributed by atoms with van der Waals surface area (Å²) in [7, 11) is 0. The van der Waals surface area contributed by atoms with Crippen molar-refractivity contribution in [1.29, 1.82) is 0 Å². The Balaban J connectivity index is 1.54. The Kier molecular flexibility index (Phi) is 6.02. The highest BCUT2D eigenvalue weighted by atomic mass is 127. The molecule has 6 atom stereocenters. The maximum absolute atomic E-state index is 14.0. The molecule has 0 aliphatic heterocycles. The lowest BCUT2D eigenvalue weighted by atomic mass is 9.62. The molecule has 0 bridgehead atoms. The van der Waals surface area contributed by atoms with Crippen molar-refractivity contribution in [2.45, 2.75) is 80.7 Å². The van der Waals surface area contributed by atoms with E-state index in [9.17, 15) is 8.78 Å². The fourth-order valence-corrected chi connectivity index (χ4v) is 5.83. The van der Waals surface area contributed by atoms with Crippen LogP contribution in [0.2, 0.25) is 0 Å². The summed E-state index contributed by atoms with van der Waals surface area (Å²) in [6, 6.07) is 0. The van der Waals surface area contributed by atoms with Gasteiger partial charge in [-0.25, -0.2) is 8.78 Å². The van der Waals surface area contributed by atoms with Gasteiger partial charge >= 0.3 is 0 Å². The molecule has 0 heterocycles. The Morgan fingerprint density at radius 1 is 0.818 bits per heavy atom. The van der Waals surface area contributed by atoms with Crippen LogP contribution in [0.25, 0.3) is 0 Å². The molecule has 6 unspecified atom stereocenters. The van der Waals surface area contributed by atoms with E-state index in [1.165, 1.54) is 38.5 Å². The van der Waals surface area contributed by atoms with E-state index in [1.807, 2.05) is 22.6 Å². The molecule has 0 spiro atoms. The molecule has 128 valence electrons. The summed E-state index contributed by atoms with van der Waals surface area (Å²) in [5, 5.41) is 0. The molecule has 0 radical (unpaired) electrons. The molecule has 0 N–H and O–H groups in total. The summed E-state index contributed by atoms with van der Waals surface area (Å²) in [4.78, 5) is 0. The lowest BCUT2D eigenvalue weighted by Gasteiger charge is -2.45. The largest absolute Gasteiger partial charge is 0.378 e. The highest BCUT2D eigenvalue weighted by Gasteiger charge is 2.43. The molecule has 0 aromatic rings. The number of alkyl halides is 3. The van der Waals surface area contributed by atoms with Gasteiger partial charge in [0.15, 0.2) is 0 Å². The van der Waals surface area contributed by atoms with Gasteiger partial charge in [0.1, 0.15) is 12.3 Å². The molecule has 3 rings (SSSR count). The summed E-state index contributed by atoms with van der Waals surface area (Å²) in [5.74, 6) is 2.42. The Morgan fingerprint density at radius 2 is 1.36 bits per heavy atom. The molecular formula is C18H29F2IO. The van der Waals surface area contributed by atoms with Crippen molar-refractivity contribution in [2.24, 2.45) is 23.7 Å². The summed E-state index contributed by atoms with van der Waals surface area (Å²) >= 11 is 1.97. The molecule has 3 aliphatic carbocycles. The van der Waals surface area contributed by atoms with Gasteiger partial charge in [0.2, 0.25) is 0 Å². The Morgan fingerprint density at radius 3 is 2.00 bits per heavy atom. The van der Waals surface area contributed by atoms with E-state index >= 15 is 0 Å². The van der Waals surface area contributed by atoms with Crippen LogP contribution in [0.1, 0.15) is 58.3 Å². The van der Waals surface area contributed by atoms with Crippen LogP contribution >= 0.6 is 22.6 Å². The Bertz CT molecular complexity index is 355. The number of fused-ring (bicyclic) bond motifs is 1. The van der Waals surface area contributed by atoms with Gasteiger partial charge in [0.25, 0.3) is 0 Å². The smallest absolute Gasteiger partial charge is 0.115 e. The Labute approximate surface area is 147 Å². The number of hydrogen-bond acceptors (Lipinski definition) is 1. The fourth-order valence-electron chi connectivity index (χ4n) is 5.24. The van der Waals surface area contributed by atoms with Gasteiger partial charge in [-0.05, 0) is 82.0 Å². The second kappa shape index (κ2) is 7.62. The van der Waals surface area contributed by atoms with Crippen LogP contribution < -0.4 is 0 Å². The minimum atomic E-state index is -0.944. The van der Waals surface area contributed by atoms with Crippen molar-refractivity contribution < 1.29 is 13.5 Å². The van der Waals surface area contributed by atoms with Crippen LogP contribution in [0.4, 0.5) is 8.78 Å². The Hall–Kier alpha value is 0.550. The first-order chi connectivity index (χ1) is 10.6. The normalized spacial score (nSPS) is 49.6. The van der Waals surface area contributed by atoms with E-state index in [-0.39, 0.29) is 5.92 Å². The number of halogens is 3. The summed E-state index contributed by atoms with van der Waals surface area (Å²) in [5.41, 5.74) is 0. The third-order valence-corrected chi connectivity index (χ3v) is 7.98. The SMILES string of the molecule is CCOC1CCC2CC(C3CC(F)C(I)C(F)C3)CCC2C1. The van der Waals surface area contributed by atoms with Crippen LogP contribution in [-0.4, -0.2) is 29.0 Å². The van der Waals surface area contributed by atoms with E-state index in [0.717, 1.165) is 18.4 Å². The van der Waals surface area contributed by atoms with Gasteiger partial charge < -0.3 is 4.74 Å². The molecule has 22 heavy (non-hydrogen) atoms. The number of ether oxygens (including phenoxy) is 1. The van der Waals surface area contributed by atoms with Gasteiger partial charge in [0, 0.05) is 6.61 Å². The van der Waals surface area contributed by atoms with E-state index in [1.54, 1.807) is 0 Å². The topological polar surface area (TPSA) is 9.23 Å². The third kappa shape index (κ3) is 3.79. The second-order valence-corrected chi connectivity index (χ2v) is 9.13. The van der Waals surface area contributed by atoms with Crippen molar-refractivity contribution in [3.05, 3.63) is 0 Å². The molecule has 3 aliphatic rings. The minimum Gasteiger partial charge on any atom is -0.378 e. The zero-order chi connectivity index (χ0) is 15.7. The standard InChI is InChI=1S/C18H29F2IO/c1-2-22-15-6-5-11-7-12(3-4-13(11)8-15)14-9-16(19)18(21)17(20)10-14/h11-18H,2-10H2,1H3. The summed E-state index contributed by atoms with van der Waals surface area (Å²) in [6.45, 7) is 2.90. The lowest BCUT2D eigenvalue weighted by molar-refractivity contribution is -0.0243. The highest BCUT2D eigenvalue weighted by molar-refractivity contribution is 14.1. The van der Waals surface area contributed by atoms with E-state index in [2.05, 4.69) is 6.92 Å². The van der Waals surface area contributed by atoms with Gasteiger partial charge in [-0.1, -0.05) is 22.6 Å². The van der Waals surface area contributed by atoms with E-state index < -0.39 is 16.3 Å². The van der Waals surface area contributed by atoms with Crippen LogP contribution in [0.3, 0.4) is 0 Å². The molecule has 4 heteroatoms. The number of rotatable bonds is 3. The van der Waals surface area contributed by atoms with Crippen molar-refractivity contribution in [2.75, 3.05) is 6.61 Å². The van der Waals surface area contributed by atoms with Crippen molar-refractivity contribution in [1.82, 2.24) is 0 Å². The van der Waals surface area contributed by atoms with Crippen LogP contribution in [0.5, 0.6) is 0 Å². The zero-order valence-corrected chi connectivity index (χ0v) is 15.7.